The van der Waals surface area contributed by atoms with Gasteiger partial charge in [0.1, 0.15) is 5.76 Å². The van der Waals surface area contributed by atoms with Gasteiger partial charge in [-0.1, -0.05) is 62.8 Å². The first-order valence-electron chi connectivity index (χ1n) is 8.13. The summed E-state index contributed by atoms with van der Waals surface area (Å²) in [7, 11) is 0. The summed E-state index contributed by atoms with van der Waals surface area (Å²) in [6, 6.07) is 8.61. The van der Waals surface area contributed by atoms with E-state index in [9.17, 15) is 0 Å². The van der Waals surface area contributed by atoms with Crippen LogP contribution in [0.15, 0.2) is 60.1 Å². The van der Waals surface area contributed by atoms with Crippen LogP contribution in [0.2, 0.25) is 0 Å². The molecule has 0 heterocycles. The molecule has 0 aliphatic carbocycles. The van der Waals surface area contributed by atoms with Gasteiger partial charge in [0.15, 0.2) is 0 Å². The molecule has 0 saturated heterocycles. The summed E-state index contributed by atoms with van der Waals surface area (Å²) in [4.78, 5) is 0. The molecule has 1 aromatic carbocycles. The fraction of sp³-hybridized carbons (Fsp3) is 0.429. The van der Waals surface area contributed by atoms with Crippen LogP contribution in [0.25, 0.3) is 0 Å². The summed E-state index contributed by atoms with van der Waals surface area (Å²) in [5.41, 5.74) is 2.78. The lowest BCUT2D eigenvalue weighted by Gasteiger charge is -2.12. The molecule has 0 aliphatic heterocycles. The highest BCUT2D eigenvalue weighted by Gasteiger charge is 2.03. The highest BCUT2D eigenvalue weighted by atomic mass is 16.5. The summed E-state index contributed by atoms with van der Waals surface area (Å²) in [6.07, 6.45) is 9.11. The van der Waals surface area contributed by atoms with Gasteiger partial charge in [0.05, 0.1) is 5.76 Å². The molecule has 0 radical (unpaired) electrons. The molecule has 1 heteroatoms. The molecule has 1 aromatic rings. The molecule has 0 spiro atoms. The lowest BCUT2D eigenvalue weighted by Crippen LogP contribution is -1.98. The first-order chi connectivity index (χ1) is 10.4. The zero-order chi connectivity index (χ0) is 17.0. The minimum Gasteiger partial charge on any atom is -0.466 e. The third kappa shape index (κ3) is 9.23. The van der Waals surface area contributed by atoms with Crippen LogP contribution in [0.4, 0.5) is 0 Å². The zero-order valence-electron chi connectivity index (χ0n) is 15.3. The molecule has 0 amide bonds. The van der Waals surface area contributed by atoms with Crippen molar-refractivity contribution in [2.24, 2.45) is 5.92 Å². The maximum Gasteiger partial charge on any atom is 0.106 e. The maximum absolute atomic E-state index is 5.63. The molecule has 0 atom stereocenters. The predicted molar refractivity (Wildman–Crippen MR) is 98.8 cm³/mol. The third-order valence-electron chi connectivity index (χ3n) is 3.20. The number of ether oxygens (including phenoxy) is 1. The number of aryl methyl sites for hydroxylation is 2. The van der Waals surface area contributed by atoms with Crippen LogP contribution in [0.5, 0.6) is 0 Å². The summed E-state index contributed by atoms with van der Waals surface area (Å²) in [5, 5.41) is 0. The molecule has 0 saturated carbocycles. The predicted octanol–water partition coefficient (Wildman–Crippen LogP) is 6.60. The van der Waals surface area contributed by atoms with Gasteiger partial charge in [0, 0.05) is 5.92 Å². The zero-order valence-corrected chi connectivity index (χ0v) is 15.3. The second kappa shape index (κ2) is 11.9. The van der Waals surface area contributed by atoms with E-state index in [1.165, 1.54) is 11.1 Å². The highest BCUT2D eigenvalue weighted by molar-refractivity contribution is 5.21. The molecule has 1 nitrogen and oxygen atoms in total. The van der Waals surface area contributed by atoms with Crippen molar-refractivity contribution in [1.29, 1.82) is 0 Å². The van der Waals surface area contributed by atoms with Gasteiger partial charge in [-0.3, -0.25) is 0 Å². The molecule has 1 rings (SSSR count). The van der Waals surface area contributed by atoms with Gasteiger partial charge in [0.2, 0.25) is 0 Å². The Balaban J connectivity index is 0.000000425. The van der Waals surface area contributed by atoms with Gasteiger partial charge in [0.25, 0.3) is 0 Å². The molecule has 122 valence electrons. The fourth-order valence-corrected chi connectivity index (χ4v) is 1.71. The molecule has 0 N–H and O–H groups in total. The van der Waals surface area contributed by atoms with Crippen LogP contribution in [0.1, 0.15) is 52.7 Å². The third-order valence-corrected chi connectivity index (χ3v) is 3.20. The van der Waals surface area contributed by atoms with Crippen molar-refractivity contribution in [3.63, 3.8) is 0 Å². The Morgan fingerprint density at radius 1 is 1.23 bits per heavy atom. The van der Waals surface area contributed by atoms with E-state index in [0.29, 0.717) is 5.92 Å². The second-order valence-corrected chi connectivity index (χ2v) is 5.59. The van der Waals surface area contributed by atoms with Crippen molar-refractivity contribution < 1.29 is 4.74 Å². The van der Waals surface area contributed by atoms with Gasteiger partial charge < -0.3 is 4.74 Å². The normalized spacial score (nSPS) is 12.4. The Labute approximate surface area is 137 Å². The van der Waals surface area contributed by atoms with E-state index in [1.54, 1.807) is 0 Å². The van der Waals surface area contributed by atoms with Gasteiger partial charge in [-0.2, -0.15) is 0 Å². The van der Waals surface area contributed by atoms with Crippen LogP contribution >= 0.6 is 0 Å². The molecule has 0 aromatic heterocycles. The van der Waals surface area contributed by atoms with E-state index < -0.39 is 0 Å². The van der Waals surface area contributed by atoms with E-state index in [-0.39, 0.29) is 0 Å². The lowest BCUT2D eigenvalue weighted by molar-refractivity contribution is 0.267. The van der Waals surface area contributed by atoms with Crippen LogP contribution in [-0.2, 0) is 11.2 Å². The van der Waals surface area contributed by atoms with E-state index in [1.807, 2.05) is 45.1 Å². The number of hydrogen-bond acceptors (Lipinski definition) is 1. The standard InChI is InChI=1S/C12H20O.C9H12/c1-6-8-9-12(10(3)4)13-11(5)7-2;1-3-9-6-4-5-8(2)7-9/h6-10H,1-5H3;4-7H,3H2,1-2H3/b8-6+,11-7-,12-9+;. The molecular formula is C21H32O. The van der Waals surface area contributed by atoms with Crippen LogP contribution in [-0.4, -0.2) is 0 Å². The SMILES string of the molecule is C/C=C(/C)O/C(=C/C=C/C)C(C)C.CCc1cccc(C)c1. The van der Waals surface area contributed by atoms with E-state index >= 15 is 0 Å². The summed E-state index contributed by atoms with van der Waals surface area (Å²) in [5.74, 6) is 2.38. The number of hydrogen-bond donors (Lipinski definition) is 0. The van der Waals surface area contributed by atoms with Crippen molar-refractivity contribution in [1.82, 2.24) is 0 Å². The molecule has 0 bridgehead atoms. The number of allylic oxidation sites excluding steroid dienone is 6. The first-order valence-corrected chi connectivity index (χ1v) is 8.13. The monoisotopic (exact) mass is 300 g/mol. The number of rotatable bonds is 5. The van der Waals surface area contributed by atoms with Gasteiger partial charge in [-0.15, -0.1) is 0 Å². The Kier molecular flexibility index (Phi) is 10.9. The van der Waals surface area contributed by atoms with E-state index in [4.69, 9.17) is 4.74 Å². The average Bonchev–Trinajstić information content (AvgIpc) is 2.51. The summed E-state index contributed by atoms with van der Waals surface area (Å²) < 4.78 is 5.63. The second-order valence-electron chi connectivity index (χ2n) is 5.59. The Hall–Kier alpha value is -1.76. The quantitative estimate of drug-likeness (QED) is 0.439. The minimum atomic E-state index is 0.422. The Bertz CT molecular complexity index is 504. The molecule has 0 unspecified atom stereocenters. The molecular weight excluding hydrogens is 268 g/mol. The number of benzene rings is 1. The fourth-order valence-electron chi connectivity index (χ4n) is 1.71. The highest BCUT2D eigenvalue weighted by Crippen LogP contribution is 2.15. The lowest BCUT2D eigenvalue weighted by atomic mass is 10.1. The van der Waals surface area contributed by atoms with Crippen LogP contribution in [0, 0.1) is 12.8 Å². The van der Waals surface area contributed by atoms with Gasteiger partial charge in [-0.05, 0) is 51.8 Å². The topological polar surface area (TPSA) is 9.23 Å². The van der Waals surface area contributed by atoms with E-state index in [0.717, 1.165) is 17.9 Å². The van der Waals surface area contributed by atoms with Crippen molar-refractivity contribution in [3.05, 3.63) is 71.2 Å². The maximum atomic E-state index is 5.63. The smallest absolute Gasteiger partial charge is 0.106 e. The van der Waals surface area contributed by atoms with Crippen molar-refractivity contribution in [2.45, 2.75) is 54.9 Å². The van der Waals surface area contributed by atoms with Crippen molar-refractivity contribution in [2.75, 3.05) is 0 Å². The molecule has 0 aliphatic rings. The summed E-state index contributed by atoms with van der Waals surface area (Å²) >= 11 is 0. The largest absolute Gasteiger partial charge is 0.466 e. The van der Waals surface area contributed by atoms with Gasteiger partial charge >= 0.3 is 0 Å². The average molecular weight is 300 g/mol. The molecule has 0 fully saturated rings. The first kappa shape index (κ1) is 20.2. The van der Waals surface area contributed by atoms with Crippen molar-refractivity contribution in [3.8, 4) is 0 Å². The Morgan fingerprint density at radius 2 is 1.91 bits per heavy atom. The van der Waals surface area contributed by atoms with E-state index in [2.05, 4.69) is 52.0 Å². The van der Waals surface area contributed by atoms with Crippen LogP contribution < -0.4 is 0 Å². The van der Waals surface area contributed by atoms with Crippen LogP contribution in [0.3, 0.4) is 0 Å². The minimum absolute atomic E-state index is 0.422. The molecule has 22 heavy (non-hydrogen) atoms. The summed E-state index contributed by atoms with van der Waals surface area (Å²) in [6.45, 7) is 14.5. The van der Waals surface area contributed by atoms with Gasteiger partial charge in [-0.25, -0.2) is 0 Å². The van der Waals surface area contributed by atoms with Crippen molar-refractivity contribution >= 4 is 0 Å². The Morgan fingerprint density at radius 3 is 2.32 bits per heavy atom.